The number of hydroxylamine groups is 2. The Bertz CT molecular complexity index is 272. The summed E-state index contributed by atoms with van der Waals surface area (Å²) in [5.74, 6) is 0.399. The second kappa shape index (κ2) is 4.62. The molecule has 0 aromatic heterocycles. The van der Waals surface area contributed by atoms with Crippen LogP contribution in [0.15, 0.2) is 30.3 Å². The van der Waals surface area contributed by atoms with E-state index >= 15 is 0 Å². The molecule has 0 aliphatic carbocycles. The topological polar surface area (TPSA) is 36.3 Å². The van der Waals surface area contributed by atoms with Gasteiger partial charge in [0.1, 0.15) is 5.84 Å². The molecule has 13 heavy (non-hydrogen) atoms. The van der Waals surface area contributed by atoms with Gasteiger partial charge in [-0.15, -0.1) is 0 Å². The summed E-state index contributed by atoms with van der Waals surface area (Å²) in [4.78, 5) is 5.30. The standard InChI is InChI=1S/C10H14N2O/c1-9(11)12(2)13-8-10-6-4-3-5-7-10/h3-7,11H,8H2,1-2H3. The average molecular weight is 178 g/mol. The minimum atomic E-state index is 0.399. The molecule has 1 aromatic carbocycles. The Hall–Kier alpha value is -1.35. The Balaban J connectivity index is 2.39. The van der Waals surface area contributed by atoms with Crippen molar-refractivity contribution in [3.05, 3.63) is 35.9 Å². The lowest BCUT2D eigenvalue weighted by molar-refractivity contribution is -0.0927. The lowest BCUT2D eigenvalue weighted by atomic mass is 10.2. The molecule has 0 heterocycles. The number of nitrogens with one attached hydrogen (secondary N) is 1. The van der Waals surface area contributed by atoms with E-state index in [1.54, 1.807) is 14.0 Å². The highest BCUT2D eigenvalue weighted by Crippen LogP contribution is 2.01. The second-order valence-corrected chi connectivity index (χ2v) is 2.84. The van der Waals surface area contributed by atoms with Crippen LogP contribution in [0.4, 0.5) is 0 Å². The lowest BCUT2D eigenvalue weighted by Gasteiger charge is -2.16. The molecule has 0 aliphatic rings. The van der Waals surface area contributed by atoms with Crippen LogP contribution in [0.25, 0.3) is 0 Å². The third kappa shape index (κ3) is 3.25. The van der Waals surface area contributed by atoms with Crippen molar-refractivity contribution in [3.63, 3.8) is 0 Å². The summed E-state index contributed by atoms with van der Waals surface area (Å²) in [6, 6.07) is 9.89. The largest absolute Gasteiger partial charge is 0.287 e. The Morgan fingerprint density at radius 3 is 2.54 bits per heavy atom. The van der Waals surface area contributed by atoms with Gasteiger partial charge in [-0.25, -0.2) is 5.06 Å². The predicted octanol–water partition coefficient (Wildman–Crippen LogP) is 2.05. The van der Waals surface area contributed by atoms with Gasteiger partial charge < -0.3 is 0 Å². The molecular formula is C10H14N2O. The minimum absolute atomic E-state index is 0.399. The highest BCUT2D eigenvalue weighted by molar-refractivity contribution is 5.74. The van der Waals surface area contributed by atoms with Gasteiger partial charge in [0.2, 0.25) is 0 Å². The van der Waals surface area contributed by atoms with Gasteiger partial charge in [-0.1, -0.05) is 30.3 Å². The lowest BCUT2D eigenvalue weighted by Crippen LogP contribution is -2.23. The number of hydrogen-bond acceptors (Lipinski definition) is 2. The molecular weight excluding hydrogens is 164 g/mol. The Kier molecular flexibility index (Phi) is 3.46. The number of nitrogens with zero attached hydrogens (tertiary/aromatic N) is 1. The van der Waals surface area contributed by atoms with Crippen LogP contribution >= 0.6 is 0 Å². The maximum atomic E-state index is 7.27. The predicted molar refractivity (Wildman–Crippen MR) is 52.4 cm³/mol. The van der Waals surface area contributed by atoms with Crippen molar-refractivity contribution in [1.29, 1.82) is 5.41 Å². The summed E-state index contributed by atoms with van der Waals surface area (Å²) in [5.41, 5.74) is 1.11. The Morgan fingerprint density at radius 1 is 1.38 bits per heavy atom. The molecule has 1 rings (SSSR count). The zero-order valence-electron chi connectivity index (χ0n) is 7.95. The molecule has 0 atom stereocenters. The van der Waals surface area contributed by atoms with E-state index in [4.69, 9.17) is 10.2 Å². The zero-order valence-corrected chi connectivity index (χ0v) is 7.95. The minimum Gasteiger partial charge on any atom is -0.287 e. The Labute approximate surface area is 78.4 Å². The normalized spacial score (nSPS) is 9.69. The fourth-order valence-corrected chi connectivity index (χ4v) is 0.842. The van der Waals surface area contributed by atoms with Crippen molar-refractivity contribution in [2.45, 2.75) is 13.5 Å². The molecule has 3 heteroatoms. The molecule has 0 unspecified atom stereocenters. The maximum Gasteiger partial charge on any atom is 0.117 e. The summed E-state index contributed by atoms with van der Waals surface area (Å²) in [7, 11) is 1.73. The fraction of sp³-hybridized carbons (Fsp3) is 0.300. The average Bonchev–Trinajstić information content (AvgIpc) is 2.15. The van der Waals surface area contributed by atoms with Gasteiger partial charge in [0.05, 0.1) is 6.61 Å². The van der Waals surface area contributed by atoms with Gasteiger partial charge in [-0.2, -0.15) is 0 Å². The third-order valence-corrected chi connectivity index (χ3v) is 1.74. The zero-order chi connectivity index (χ0) is 9.68. The summed E-state index contributed by atoms with van der Waals surface area (Å²) in [6.07, 6.45) is 0. The first-order valence-electron chi connectivity index (χ1n) is 4.16. The van der Waals surface area contributed by atoms with Crippen LogP contribution in [-0.2, 0) is 11.4 Å². The molecule has 1 N–H and O–H groups in total. The first-order valence-corrected chi connectivity index (χ1v) is 4.16. The fourth-order valence-electron chi connectivity index (χ4n) is 0.842. The van der Waals surface area contributed by atoms with E-state index in [-0.39, 0.29) is 0 Å². The SMILES string of the molecule is CC(=N)N(C)OCc1ccccc1. The molecule has 0 amide bonds. The number of rotatable bonds is 3. The summed E-state index contributed by atoms with van der Waals surface area (Å²) < 4.78 is 0. The van der Waals surface area contributed by atoms with Crippen LogP contribution in [0.2, 0.25) is 0 Å². The van der Waals surface area contributed by atoms with Crippen LogP contribution in [0.1, 0.15) is 12.5 Å². The van der Waals surface area contributed by atoms with E-state index in [1.807, 2.05) is 30.3 Å². The van der Waals surface area contributed by atoms with Gasteiger partial charge in [0, 0.05) is 7.05 Å². The van der Waals surface area contributed by atoms with Crippen LogP contribution in [0.3, 0.4) is 0 Å². The van der Waals surface area contributed by atoms with Crippen molar-refractivity contribution in [2.75, 3.05) is 7.05 Å². The molecule has 0 aliphatic heterocycles. The summed E-state index contributed by atoms with van der Waals surface area (Å²) in [6.45, 7) is 2.19. The molecule has 70 valence electrons. The highest BCUT2D eigenvalue weighted by atomic mass is 16.7. The van der Waals surface area contributed by atoms with Crippen LogP contribution in [-0.4, -0.2) is 17.9 Å². The maximum absolute atomic E-state index is 7.27. The van der Waals surface area contributed by atoms with Crippen molar-refractivity contribution in [2.24, 2.45) is 0 Å². The van der Waals surface area contributed by atoms with Crippen molar-refractivity contribution in [3.8, 4) is 0 Å². The van der Waals surface area contributed by atoms with E-state index in [0.717, 1.165) is 5.56 Å². The third-order valence-electron chi connectivity index (χ3n) is 1.74. The monoisotopic (exact) mass is 178 g/mol. The highest BCUT2D eigenvalue weighted by Gasteiger charge is 1.98. The number of benzene rings is 1. The van der Waals surface area contributed by atoms with Gasteiger partial charge in [0.15, 0.2) is 0 Å². The Morgan fingerprint density at radius 2 is 2.00 bits per heavy atom. The van der Waals surface area contributed by atoms with Gasteiger partial charge in [0.25, 0.3) is 0 Å². The van der Waals surface area contributed by atoms with Crippen molar-refractivity contribution >= 4 is 5.84 Å². The number of amidine groups is 1. The van der Waals surface area contributed by atoms with Crippen LogP contribution in [0, 0.1) is 5.41 Å². The molecule has 0 fully saturated rings. The van der Waals surface area contributed by atoms with Gasteiger partial charge in [-0.3, -0.25) is 10.2 Å². The molecule has 0 spiro atoms. The molecule has 0 bridgehead atoms. The van der Waals surface area contributed by atoms with Crippen LogP contribution in [0.5, 0.6) is 0 Å². The van der Waals surface area contributed by atoms with Gasteiger partial charge in [-0.05, 0) is 12.5 Å². The molecule has 1 aromatic rings. The van der Waals surface area contributed by atoms with Crippen molar-refractivity contribution < 1.29 is 4.84 Å². The van der Waals surface area contributed by atoms with Crippen LogP contribution < -0.4 is 0 Å². The first-order chi connectivity index (χ1) is 6.20. The quantitative estimate of drug-likeness (QED) is 0.437. The van der Waals surface area contributed by atoms with E-state index < -0.39 is 0 Å². The van der Waals surface area contributed by atoms with E-state index in [2.05, 4.69) is 0 Å². The molecule has 3 nitrogen and oxygen atoms in total. The van der Waals surface area contributed by atoms with E-state index in [1.165, 1.54) is 5.06 Å². The molecule has 0 radical (unpaired) electrons. The smallest absolute Gasteiger partial charge is 0.117 e. The number of hydrogen-bond donors (Lipinski definition) is 1. The van der Waals surface area contributed by atoms with Crippen molar-refractivity contribution in [1.82, 2.24) is 5.06 Å². The first kappa shape index (κ1) is 9.74. The summed E-state index contributed by atoms with van der Waals surface area (Å²) in [5, 5.41) is 8.72. The van der Waals surface area contributed by atoms with E-state index in [0.29, 0.717) is 12.4 Å². The van der Waals surface area contributed by atoms with Gasteiger partial charge >= 0.3 is 0 Å². The summed E-state index contributed by atoms with van der Waals surface area (Å²) >= 11 is 0. The second-order valence-electron chi connectivity index (χ2n) is 2.84. The molecule has 0 saturated carbocycles. The molecule has 0 saturated heterocycles. The van der Waals surface area contributed by atoms with E-state index in [9.17, 15) is 0 Å².